The van der Waals surface area contributed by atoms with Crippen LogP contribution in [-0.2, 0) is 6.54 Å². The number of hydrogen-bond acceptors (Lipinski definition) is 4. The van der Waals surface area contributed by atoms with Crippen molar-refractivity contribution in [1.82, 2.24) is 10.3 Å². The summed E-state index contributed by atoms with van der Waals surface area (Å²) in [5.41, 5.74) is 4.02. The number of carbonyl (C=O) groups is 1. The number of carbonyl (C=O) groups excluding carboxylic acids is 1. The van der Waals surface area contributed by atoms with Crippen molar-refractivity contribution >= 4 is 17.7 Å². The molecule has 0 radical (unpaired) electrons. The highest BCUT2D eigenvalue weighted by molar-refractivity contribution is 7.99. The second-order valence-corrected chi connectivity index (χ2v) is 7.30. The molecule has 0 atom stereocenters. The summed E-state index contributed by atoms with van der Waals surface area (Å²) in [6.45, 7) is 4.60. The van der Waals surface area contributed by atoms with Gasteiger partial charge in [-0.3, -0.25) is 4.79 Å². The molecule has 138 valence electrons. The first-order chi connectivity index (χ1) is 13.1. The molecule has 0 aliphatic heterocycles. The molecule has 0 spiro atoms. The third kappa shape index (κ3) is 4.89. The smallest absolute Gasteiger partial charge is 0.254 e. The van der Waals surface area contributed by atoms with E-state index >= 15 is 0 Å². The number of pyridine rings is 1. The summed E-state index contributed by atoms with van der Waals surface area (Å²) >= 11 is 1.50. The van der Waals surface area contributed by atoms with Gasteiger partial charge in [0.1, 0.15) is 10.8 Å². The Morgan fingerprint density at radius 3 is 2.70 bits per heavy atom. The number of benzene rings is 2. The average Bonchev–Trinajstić information content (AvgIpc) is 2.69. The van der Waals surface area contributed by atoms with Crippen LogP contribution >= 0.6 is 11.8 Å². The number of nitrogens with zero attached hydrogens (tertiary/aromatic N) is 1. The quantitative estimate of drug-likeness (QED) is 0.670. The number of aryl methyl sites for hydroxylation is 2. The lowest BCUT2D eigenvalue weighted by Gasteiger charge is -2.10. The predicted octanol–water partition coefficient (Wildman–Crippen LogP) is 4.79. The first-order valence-corrected chi connectivity index (χ1v) is 9.49. The lowest BCUT2D eigenvalue weighted by molar-refractivity contribution is 0.0947. The van der Waals surface area contributed by atoms with E-state index in [0.29, 0.717) is 17.1 Å². The van der Waals surface area contributed by atoms with Gasteiger partial charge >= 0.3 is 0 Å². The lowest BCUT2D eigenvalue weighted by Crippen LogP contribution is -2.23. The van der Waals surface area contributed by atoms with E-state index in [2.05, 4.69) is 42.3 Å². The van der Waals surface area contributed by atoms with Gasteiger partial charge in [0, 0.05) is 17.6 Å². The Balaban J connectivity index is 1.74. The summed E-state index contributed by atoms with van der Waals surface area (Å²) in [5, 5.41) is 3.66. The van der Waals surface area contributed by atoms with Crippen molar-refractivity contribution in [2.75, 3.05) is 7.11 Å². The first-order valence-electron chi connectivity index (χ1n) is 8.68. The van der Waals surface area contributed by atoms with Crippen LogP contribution < -0.4 is 10.1 Å². The molecule has 0 saturated heterocycles. The van der Waals surface area contributed by atoms with Gasteiger partial charge in [-0.2, -0.15) is 0 Å². The van der Waals surface area contributed by atoms with Crippen LogP contribution in [0.5, 0.6) is 5.75 Å². The van der Waals surface area contributed by atoms with Crippen LogP contribution in [0.4, 0.5) is 0 Å². The van der Waals surface area contributed by atoms with E-state index in [1.165, 1.54) is 22.9 Å². The Morgan fingerprint density at radius 2 is 1.93 bits per heavy atom. The molecule has 4 nitrogen and oxygen atoms in total. The van der Waals surface area contributed by atoms with Gasteiger partial charge in [-0.05, 0) is 66.9 Å². The van der Waals surface area contributed by atoms with E-state index in [1.54, 1.807) is 25.4 Å². The molecule has 1 aromatic heterocycles. The third-order valence-corrected chi connectivity index (χ3v) is 5.30. The Kier molecular flexibility index (Phi) is 6.14. The summed E-state index contributed by atoms with van der Waals surface area (Å²) in [6, 6.07) is 17.5. The summed E-state index contributed by atoms with van der Waals surface area (Å²) < 4.78 is 5.22. The zero-order valence-corrected chi connectivity index (χ0v) is 16.5. The minimum absolute atomic E-state index is 0.141. The Labute approximate surface area is 164 Å². The number of aromatic nitrogens is 1. The molecule has 0 bridgehead atoms. The predicted molar refractivity (Wildman–Crippen MR) is 108 cm³/mol. The van der Waals surface area contributed by atoms with E-state index < -0.39 is 0 Å². The molecule has 0 unspecified atom stereocenters. The Hall–Kier alpha value is -2.79. The van der Waals surface area contributed by atoms with E-state index in [0.717, 1.165) is 16.2 Å². The molecule has 1 amide bonds. The maximum absolute atomic E-state index is 12.7. The van der Waals surface area contributed by atoms with Crippen LogP contribution in [0, 0.1) is 13.8 Å². The van der Waals surface area contributed by atoms with Gasteiger partial charge in [-0.15, -0.1) is 0 Å². The Bertz CT molecular complexity index is 957. The van der Waals surface area contributed by atoms with E-state index in [1.807, 2.05) is 24.3 Å². The van der Waals surface area contributed by atoms with E-state index in [-0.39, 0.29) is 5.91 Å². The van der Waals surface area contributed by atoms with Gasteiger partial charge in [0.25, 0.3) is 5.91 Å². The van der Waals surface area contributed by atoms with Crippen LogP contribution in [0.3, 0.4) is 0 Å². The first kappa shape index (κ1) is 19.0. The topological polar surface area (TPSA) is 51.2 Å². The van der Waals surface area contributed by atoms with Crippen molar-refractivity contribution in [2.45, 2.75) is 30.3 Å². The Morgan fingerprint density at radius 1 is 1.07 bits per heavy atom. The lowest BCUT2D eigenvalue weighted by atomic mass is 10.1. The zero-order chi connectivity index (χ0) is 19.2. The summed E-state index contributed by atoms with van der Waals surface area (Å²) in [6.07, 6.45) is 1.71. The van der Waals surface area contributed by atoms with Crippen LogP contribution in [0.25, 0.3) is 0 Å². The molecule has 0 saturated carbocycles. The fourth-order valence-corrected chi connectivity index (χ4v) is 3.57. The van der Waals surface area contributed by atoms with Crippen LogP contribution in [0.15, 0.2) is 70.7 Å². The molecule has 1 N–H and O–H groups in total. The molecule has 0 aliphatic rings. The maximum Gasteiger partial charge on any atom is 0.254 e. The van der Waals surface area contributed by atoms with E-state index in [9.17, 15) is 4.79 Å². The second kappa shape index (κ2) is 8.73. The molecule has 3 aromatic rings. The van der Waals surface area contributed by atoms with Crippen molar-refractivity contribution in [3.8, 4) is 5.75 Å². The fraction of sp³-hybridized carbons (Fsp3) is 0.182. The zero-order valence-electron chi connectivity index (χ0n) is 15.7. The summed E-state index contributed by atoms with van der Waals surface area (Å²) in [7, 11) is 1.63. The number of rotatable bonds is 6. The standard InChI is InChI=1S/C22H22N2O2S/c1-15-9-10-19(12-16(15)2)27-22-20(8-5-11-23-22)21(25)24-14-17-6-4-7-18(13-17)26-3/h4-13H,14H2,1-3H3,(H,24,25). The molecule has 0 fully saturated rings. The summed E-state index contributed by atoms with van der Waals surface area (Å²) in [5.74, 6) is 0.631. The minimum Gasteiger partial charge on any atom is -0.497 e. The number of nitrogens with one attached hydrogen (secondary N) is 1. The number of ether oxygens (including phenoxy) is 1. The van der Waals surface area contributed by atoms with Crippen molar-refractivity contribution < 1.29 is 9.53 Å². The van der Waals surface area contributed by atoms with Gasteiger partial charge in [0.2, 0.25) is 0 Å². The SMILES string of the molecule is COc1cccc(CNC(=O)c2cccnc2Sc2ccc(C)c(C)c2)c1. The van der Waals surface area contributed by atoms with Crippen LogP contribution in [0.2, 0.25) is 0 Å². The molecular formula is C22H22N2O2S. The number of amides is 1. The van der Waals surface area contributed by atoms with Crippen molar-refractivity contribution in [3.63, 3.8) is 0 Å². The highest BCUT2D eigenvalue weighted by atomic mass is 32.2. The molecular weight excluding hydrogens is 356 g/mol. The third-order valence-electron chi connectivity index (χ3n) is 4.30. The molecule has 3 rings (SSSR count). The normalized spacial score (nSPS) is 10.5. The summed E-state index contributed by atoms with van der Waals surface area (Å²) in [4.78, 5) is 18.2. The fourth-order valence-electron chi connectivity index (χ4n) is 2.59. The number of methoxy groups -OCH3 is 1. The molecule has 1 heterocycles. The van der Waals surface area contributed by atoms with Gasteiger partial charge in [0.05, 0.1) is 12.7 Å². The number of hydrogen-bond donors (Lipinski definition) is 1. The molecule has 0 aliphatic carbocycles. The van der Waals surface area contributed by atoms with Gasteiger partial charge < -0.3 is 10.1 Å². The van der Waals surface area contributed by atoms with Gasteiger partial charge in [-0.25, -0.2) is 4.98 Å². The minimum atomic E-state index is -0.141. The highest BCUT2D eigenvalue weighted by Gasteiger charge is 2.13. The largest absolute Gasteiger partial charge is 0.497 e. The van der Waals surface area contributed by atoms with Gasteiger partial charge in [0.15, 0.2) is 0 Å². The van der Waals surface area contributed by atoms with Crippen molar-refractivity contribution in [3.05, 3.63) is 83.0 Å². The van der Waals surface area contributed by atoms with Gasteiger partial charge in [-0.1, -0.05) is 30.0 Å². The monoisotopic (exact) mass is 378 g/mol. The van der Waals surface area contributed by atoms with Crippen molar-refractivity contribution in [1.29, 1.82) is 0 Å². The molecule has 5 heteroatoms. The average molecular weight is 378 g/mol. The van der Waals surface area contributed by atoms with E-state index in [4.69, 9.17) is 4.74 Å². The maximum atomic E-state index is 12.7. The van der Waals surface area contributed by atoms with Crippen LogP contribution in [-0.4, -0.2) is 18.0 Å². The van der Waals surface area contributed by atoms with Crippen molar-refractivity contribution in [2.24, 2.45) is 0 Å². The highest BCUT2D eigenvalue weighted by Crippen LogP contribution is 2.30. The molecule has 2 aromatic carbocycles. The second-order valence-electron chi connectivity index (χ2n) is 6.24. The van der Waals surface area contributed by atoms with Crippen LogP contribution in [0.1, 0.15) is 27.0 Å². The molecule has 27 heavy (non-hydrogen) atoms.